The summed E-state index contributed by atoms with van der Waals surface area (Å²) in [5.74, 6) is 0.702. The second kappa shape index (κ2) is 6.46. The predicted molar refractivity (Wildman–Crippen MR) is 85.5 cm³/mol. The molecule has 110 valence electrons. The molecule has 2 aliphatic rings. The van der Waals surface area contributed by atoms with E-state index < -0.39 is 0 Å². The molecule has 1 aliphatic carbocycles. The molecule has 0 bridgehead atoms. The topological polar surface area (TPSA) is 15.3 Å². The smallest absolute Gasteiger partial charge is 0.0408 e. The van der Waals surface area contributed by atoms with Gasteiger partial charge in [-0.05, 0) is 69.3 Å². The summed E-state index contributed by atoms with van der Waals surface area (Å²) in [7, 11) is 0. The van der Waals surface area contributed by atoms with Crippen LogP contribution in [0.5, 0.6) is 0 Å². The van der Waals surface area contributed by atoms with E-state index in [9.17, 15) is 0 Å². The fraction of sp³-hybridized carbons (Fsp3) is 0.647. The fourth-order valence-corrected chi connectivity index (χ4v) is 3.66. The highest BCUT2D eigenvalue weighted by molar-refractivity contribution is 6.30. The van der Waals surface area contributed by atoms with Crippen molar-refractivity contribution < 1.29 is 0 Å². The van der Waals surface area contributed by atoms with Crippen molar-refractivity contribution in [2.75, 3.05) is 19.6 Å². The maximum atomic E-state index is 6.06. The molecule has 1 unspecified atom stereocenters. The number of hydrogen-bond acceptors (Lipinski definition) is 2. The molecule has 1 aliphatic heterocycles. The Kier molecular flexibility index (Phi) is 4.65. The van der Waals surface area contributed by atoms with Gasteiger partial charge in [-0.25, -0.2) is 0 Å². The molecule has 2 fully saturated rings. The summed E-state index contributed by atoms with van der Waals surface area (Å²) in [4.78, 5) is 2.61. The van der Waals surface area contributed by atoms with Crippen LogP contribution in [0.1, 0.15) is 44.1 Å². The highest BCUT2D eigenvalue weighted by Gasteiger charge is 2.30. The Bertz CT molecular complexity index is 436. The molecule has 0 spiro atoms. The minimum absolute atomic E-state index is 0.683. The fourth-order valence-electron chi connectivity index (χ4n) is 3.47. The van der Waals surface area contributed by atoms with Gasteiger partial charge >= 0.3 is 0 Å². The molecule has 2 nitrogen and oxygen atoms in total. The van der Waals surface area contributed by atoms with E-state index in [2.05, 4.69) is 35.3 Å². The minimum atomic E-state index is 0.683. The lowest BCUT2D eigenvalue weighted by Crippen LogP contribution is -2.46. The van der Waals surface area contributed by atoms with Crippen molar-refractivity contribution in [3.8, 4) is 0 Å². The van der Waals surface area contributed by atoms with Crippen LogP contribution in [0.3, 0.4) is 0 Å². The highest BCUT2D eigenvalue weighted by Crippen LogP contribution is 2.37. The average molecular weight is 293 g/mol. The Morgan fingerprint density at radius 2 is 2.05 bits per heavy atom. The number of rotatable bonds is 5. The van der Waals surface area contributed by atoms with Crippen molar-refractivity contribution >= 4 is 11.6 Å². The third kappa shape index (κ3) is 3.36. The summed E-state index contributed by atoms with van der Waals surface area (Å²) < 4.78 is 0. The van der Waals surface area contributed by atoms with Gasteiger partial charge in [0.2, 0.25) is 0 Å². The monoisotopic (exact) mass is 292 g/mol. The van der Waals surface area contributed by atoms with E-state index in [4.69, 9.17) is 11.6 Å². The zero-order valence-corrected chi connectivity index (χ0v) is 13.1. The van der Waals surface area contributed by atoms with E-state index in [1.165, 1.54) is 44.3 Å². The van der Waals surface area contributed by atoms with E-state index in [1.54, 1.807) is 0 Å². The Hall–Kier alpha value is -0.570. The SMILES string of the molecule is CC(CNC1CC(c2cccc(Cl)c2)C1)N1CCCC1. The van der Waals surface area contributed by atoms with Crippen LogP contribution in [-0.4, -0.2) is 36.6 Å². The van der Waals surface area contributed by atoms with Crippen LogP contribution in [0.4, 0.5) is 0 Å². The van der Waals surface area contributed by atoms with Gasteiger partial charge < -0.3 is 5.32 Å². The molecule has 0 aromatic heterocycles. The number of nitrogens with one attached hydrogen (secondary N) is 1. The van der Waals surface area contributed by atoms with Crippen molar-refractivity contribution in [1.82, 2.24) is 10.2 Å². The van der Waals surface area contributed by atoms with Crippen LogP contribution in [0.25, 0.3) is 0 Å². The molecule has 1 N–H and O–H groups in total. The summed E-state index contributed by atoms with van der Waals surface area (Å²) >= 11 is 6.06. The lowest BCUT2D eigenvalue weighted by Gasteiger charge is -2.38. The van der Waals surface area contributed by atoms with Gasteiger partial charge in [0.1, 0.15) is 0 Å². The molecular formula is C17H25ClN2. The van der Waals surface area contributed by atoms with E-state index in [0.29, 0.717) is 18.0 Å². The molecule has 0 radical (unpaired) electrons. The molecule has 20 heavy (non-hydrogen) atoms. The van der Waals surface area contributed by atoms with Crippen LogP contribution in [0.15, 0.2) is 24.3 Å². The number of likely N-dealkylation sites (tertiary alicyclic amines) is 1. The van der Waals surface area contributed by atoms with Crippen molar-refractivity contribution in [3.05, 3.63) is 34.9 Å². The Morgan fingerprint density at radius 3 is 2.75 bits per heavy atom. The van der Waals surface area contributed by atoms with Crippen LogP contribution in [-0.2, 0) is 0 Å². The van der Waals surface area contributed by atoms with E-state index in [0.717, 1.165) is 11.6 Å². The molecule has 1 heterocycles. The summed E-state index contributed by atoms with van der Waals surface area (Å²) in [5, 5.41) is 4.60. The van der Waals surface area contributed by atoms with Crippen molar-refractivity contribution in [3.63, 3.8) is 0 Å². The van der Waals surface area contributed by atoms with Crippen LogP contribution in [0, 0.1) is 0 Å². The number of benzene rings is 1. The highest BCUT2D eigenvalue weighted by atomic mass is 35.5. The second-order valence-corrected chi connectivity index (χ2v) is 6.86. The largest absolute Gasteiger partial charge is 0.312 e. The van der Waals surface area contributed by atoms with Crippen LogP contribution in [0.2, 0.25) is 5.02 Å². The van der Waals surface area contributed by atoms with Crippen LogP contribution < -0.4 is 5.32 Å². The quantitative estimate of drug-likeness (QED) is 0.891. The maximum absolute atomic E-state index is 6.06. The van der Waals surface area contributed by atoms with Crippen molar-refractivity contribution in [1.29, 1.82) is 0 Å². The first kappa shape index (κ1) is 14.4. The van der Waals surface area contributed by atoms with Gasteiger partial charge in [-0.15, -0.1) is 0 Å². The predicted octanol–water partition coefficient (Wildman–Crippen LogP) is 3.66. The molecular weight excluding hydrogens is 268 g/mol. The standard InChI is InChI=1S/C17H25ClN2/c1-13(20-7-2-3-8-20)12-19-17-10-15(11-17)14-5-4-6-16(18)9-14/h4-6,9,13,15,17,19H,2-3,7-8,10-12H2,1H3. The van der Waals surface area contributed by atoms with E-state index in [-0.39, 0.29) is 0 Å². The maximum Gasteiger partial charge on any atom is 0.0408 e. The number of hydrogen-bond donors (Lipinski definition) is 1. The first-order chi connectivity index (χ1) is 9.72. The zero-order chi connectivity index (χ0) is 13.9. The zero-order valence-electron chi connectivity index (χ0n) is 12.3. The lowest BCUT2D eigenvalue weighted by molar-refractivity contribution is 0.220. The summed E-state index contributed by atoms with van der Waals surface area (Å²) in [5.41, 5.74) is 1.41. The summed E-state index contributed by atoms with van der Waals surface area (Å²) in [6.45, 7) is 6.07. The molecule has 1 atom stereocenters. The lowest BCUT2D eigenvalue weighted by atomic mass is 9.76. The van der Waals surface area contributed by atoms with Gasteiger partial charge in [0.05, 0.1) is 0 Å². The number of nitrogens with zero attached hydrogens (tertiary/aromatic N) is 1. The van der Waals surface area contributed by atoms with Crippen molar-refractivity contribution in [2.45, 2.75) is 50.6 Å². The first-order valence-corrected chi connectivity index (χ1v) is 8.33. The third-order valence-electron chi connectivity index (χ3n) is 4.92. The van der Waals surface area contributed by atoms with Gasteiger partial charge in [0, 0.05) is 23.7 Å². The van der Waals surface area contributed by atoms with Gasteiger partial charge in [0.25, 0.3) is 0 Å². The molecule has 3 heteroatoms. The second-order valence-electron chi connectivity index (χ2n) is 6.42. The summed E-state index contributed by atoms with van der Waals surface area (Å²) in [6, 6.07) is 9.73. The molecule has 1 saturated heterocycles. The first-order valence-electron chi connectivity index (χ1n) is 7.95. The van der Waals surface area contributed by atoms with E-state index >= 15 is 0 Å². The normalized spacial score (nSPS) is 28.3. The average Bonchev–Trinajstić information content (AvgIpc) is 2.90. The molecule has 0 amide bonds. The van der Waals surface area contributed by atoms with E-state index in [1.807, 2.05) is 6.07 Å². The molecule has 3 rings (SSSR count). The Balaban J connectivity index is 1.40. The minimum Gasteiger partial charge on any atom is -0.312 e. The number of halogens is 1. The van der Waals surface area contributed by atoms with Gasteiger partial charge in [0.15, 0.2) is 0 Å². The van der Waals surface area contributed by atoms with Gasteiger partial charge in [-0.1, -0.05) is 23.7 Å². The Labute approximate surface area is 127 Å². The van der Waals surface area contributed by atoms with Gasteiger partial charge in [-0.3, -0.25) is 4.90 Å². The third-order valence-corrected chi connectivity index (χ3v) is 5.16. The van der Waals surface area contributed by atoms with Gasteiger partial charge in [-0.2, -0.15) is 0 Å². The van der Waals surface area contributed by atoms with Crippen LogP contribution >= 0.6 is 11.6 Å². The molecule has 1 aromatic carbocycles. The Morgan fingerprint density at radius 1 is 1.30 bits per heavy atom. The molecule has 1 aromatic rings. The summed E-state index contributed by atoms with van der Waals surface area (Å²) in [6.07, 6.45) is 5.27. The van der Waals surface area contributed by atoms with Crippen molar-refractivity contribution in [2.24, 2.45) is 0 Å². The molecule has 1 saturated carbocycles.